The number of fused-ring (bicyclic) bond motifs is 1. The molecule has 7 nitrogen and oxygen atoms in total. The minimum Gasteiger partial charge on any atom is -0.378 e. The molecule has 2 heterocycles. The number of carbonyl (C=O) groups is 2. The van der Waals surface area contributed by atoms with Gasteiger partial charge < -0.3 is 15.4 Å². The quantitative estimate of drug-likeness (QED) is 0.568. The molecule has 1 aliphatic heterocycles. The molecule has 1 atom stereocenters. The predicted molar refractivity (Wildman–Crippen MR) is 115 cm³/mol. The van der Waals surface area contributed by atoms with Crippen LogP contribution in [0.15, 0.2) is 48.5 Å². The first-order chi connectivity index (χ1) is 15.7. The Bertz CT molecular complexity index is 1200. The van der Waals surface area contributed by atoms with Crippen molar-refractivity contribution in [2.45, 2.75) is 32.2 Å². The lowest BCUT2D eigenvalue weighted by molar-refractivity contribution is -0.137. The molecular formula is C23H21F3N4O3. The number of aromatic nitrogens is 2. The van der Waals surface area contributed by atoms with Crippen LogP contribution >= 0.6 is 0 Å². The molecule has 1 aliphatic rings. The summed E-state index contributed by atoms with van der Waals surface area (Å²) in [5.74, 6) is -0.579. The van der Waals surface area contributed by atoms with Crippen molar-refractivity contribution in [2.75, 3.05) is 17.7 Å². The van der Waals surface area contributed by atoms with E-state index in [0.717, 1.165) is 23.3 Å². The van der Waals surface area contributed by atoms with Crippen molar-refractivity contribution in [1.82, 2.24) is 9.78 Å². The summed E-state index contributed by atoms with van der Waals surface area (Å²) in [7, 11) is 1.53. The van der Waals surface area contributed by atoms with Gasteiger partial charge in [0.2, 0.25) is 5.91 Å². The topological polar surface area (TPSA) is 85.2 Å². The fraction of sp³-hybridized carbons (Fsp3) is 0.261. The lowest BCUT2D eigenvalue weighted by atomic mass is 10.0. The lowest BCUT2D eigenvalue weighted by Gasteiger charge is -2.12. The third-order valence-corrected chi connectivity index (χ3v) is 5.30. The van der Waals surface area contributed by atoms with Gasteiger partial charge in [0.15, 0.2) is 0 Å². The van der Waals surface area contributed by atoms with Crippen molar-refractivity contribution in [1.29, 1.82) is 0 Å². The molecule has 3 aromatic rings. The number of rotatable bonds is 6. The number of amides is 2. The molecule has 0 spiro atoms. The highest BCUT2D eigenvalue weighted by atomic mass is 19.4. The maximum atomic E-state index is 12.9. The summed E-state index contributed by atoms with van der Waals surface area (Å²) in [6.45, 7) is 2.16. The summed E-state index contributed by atoms with van der Waals surface area (Å²) in [5, 5.41) is 9.71. The van der Waals surface area contributed by atoms with Crippen LogP contribution in [-0.4, -0.2) is 28.7 Å². The number of methoxy groups -OCH3 is 1. The summed E-state index contributed by atoms with van der Waals surface area (Å²) in [6, 6.07) is 11.1. The minimum atomic E-state index is -4.53. The van der Waals surface area contributed by atoms with Gasteiger partial charge in [-0.3, -0.25) is 9.59 Å². The van der Waals surface area contributed by atoms with E-state index in [-0.39, 0.29) is 18.7 Å². The molecule has 0 radical (unpaired) electrons. The average molecular weight is 458 g/mol. The van der Waals surface area contributed by atoms with Crippen LogP contribution in [0.2, 0.25) is 0 Å². The van der Waals surface area contributed by atoms with E-state index in [1.807, 2.05) is 31.2 Å². The Morgan fingerprint density at radius 1 is 1.21 bits per heavy atom. The highest BCUT2D eigenvalue weighted by Gasteiger charge is 2.37. The Morgan fingerprint density at radius 3 is 2.61 bits per heavy atom. The van der Waals surface area contributed by atoms with Gasteiger partial charge in [0.1, 0.15) is 11.9 Å². The Labute approximate surface area is 187 Å². The summed E-state index contributed by atoms with van der Waals surface area (Å²) in [5.41, 5.74) is 2.33. The van der Waals surface area contributed by atoms with Gasteiger partial charge in [0.05, 0.1) is 24.3 Å². The fourth-order valence-electron chi connectivity index (χ4n) is 3.74. The number of anilines is 2. The van der Waals surface area contributed by atoms with Gasteiger partial charge in [-0.2, -0.15) is 18.3 Å². The molecule has 0 bridgehead atoms. The summed E-state index contributed by atoms with van der Waals surface area (Å²) in [6.07, 6.45) is -4.82. The first kappa shape index (κ1) is 22.5. The smallest absolute Gasteiger partial charge is 0.378 e. The van der Waals surface area contributed by atoms with Gasteiger partial charge in [-0.05, 0) is 30.7 Å². The van der Waals surface area contributed by atoms with Crippen molar-refractivity contribution in [3.8, 4) is 11.1 Å². The zero-order chi connectivity index (χ0) is 23.8. The fourth-order valence-corrected chi connectivity index (χ4v) is 3.74. The molecule has 1 unspecified atom stereocenters. The van der Waals surface area contributed by atoms with Crippen LogP contribution in [0.3, 0.4) is 0 Å². The van der Waals surface area contributed by atoms with Crippen molar-refractivity contribution in [3.05, 3.63) is 65.4 Å². The standard InChI is InChI=1S/C23H21F3N4O3/c1-13-6-8-14(9-7-13)20-17(12-33-2)29-30-18(22(32)28-21(20)30)11-19(31)27-16-5-3-4-15(10-16)23(24,25)26/h3-10,18H,11-12H2,1-2H3,(H,27,31)(H,28,32). The molecular weight excluding hydrogens is 437 g/mol. The summed E-state index contributed by atoms with van der Waals surface area (Å²) in [4.78, 5) is 25.2. The van der Waals surface area contributed by atoms with Crippen molar-refractivity contribution in [3.63, 3.8) is 0 Å². The maximum absolute atomic E-state index is 12.9. The second-order valence-electron chi connectivity index (χ2n) is 7.75. The van der Waals surface area contributed by atoms with Crippen molar-refractivity contribution >= 4 is 23.3 Å². The molecule has 2 aromatic carbocycles. The van der Waals surface area contributed by atoms with E-state index < -0.39 is 29.6 Å². The van der Waals surface area contributed by atoms with E-state index in [4.69, 9.17) is 4.74 Å². The van der Waals surface area contributed by atoms with E-state index in [1.54, 1.807) is 0 Å². The molecule has 2 N–H and O–H groups in total. The Kier molecular flexibility index (Phi) is 5.94. The Morgan fingerprint density at radius 2 is 1.94 bits per heavy atom. The molecule has 33 heavy (non-hydrogen) atoms. The maximum Gasteiger partial charge on any atom is 0.416 e. The van der Waals surface area contributed by atoms with Crippen LogP contribution in [0.4, 0.5) is 24.7 Å². The van der Waals surface area contributed by atoms with E-state index in [2.05, 4.69) is 15.7 Å². The summed E-state index contributed by atoms with van der Waals surface area (Å²) < 4.78 is 45.5. The number of carbonyl (C=O) groups excluding carboxylic acids is 2. The van der Waals surface area contributed by atoms with Crippen LogP contribution < -0.4 is 10.6 Å². The second kappa shape index (κ2) is 8.70. The molecule has 2 amide bonds. The van der Waals surface area contributed by atoms with Gasteiger partial charge in [-0.1, -0.05) is 35.9 Å². The van der Waals surface area contributed by atoms with Crippen LogP contribution in [0.1, 0.15) is 29.3 Å². The van der Waals surface area contributed by atoms with E-state index >= 15 is 0 Å². The van der Waals surface area contributed by atoms with Gasteiger partial charge in [-0.25, -0.2) is 4.68 Å². The normalized spacial score (nSPS) is 15.3. The Balaban J connectivity index is 1.59. The highest BCUT2D eigenvalue weighted by Crippen LogP contribution is 2.39. The van der Waals surface area contributed by atoms with E-state index in [1.165, 1.54) is 23.9 Å². The number of ether oxygens (including phenoxy) is 1. The molecule has 0 saturated carbocycles. The van der Waals surface area contributed by atoms with Crippen LogP contribution in [-0.2, 0) is 27.1 Å². The molecule has 4 rings (SSSR count). The third-order valence-electron chi connectivity index (χ3n) is 5.30. The number of aryl methyl sites for hydroxylation is 1. The third kappa shape index (κ3) is 4.61. The average Bonchev–Trinajstić information content (AvgIpc) is 3.24. The van der Waals surface area contributed by atoms with Crippen LogP contribution in [0.5, 0.6) is 0 Å². The van der Waals surface area contributed by atoms with Crippen molar-refractivity contribution < 1.29 is 27.5 Å². The van der Waals surface area contributed by atoms with Gasteiger partial charge in [-0.15, -0.1) is 0 Å². The number of benzene rings is 2. The first-order valence-corrected chi connectivity index (χ1v) is 10.1. The number of halogens is 3. The van der Waals surface area contributed by atoms with Crippen LogP contribution in [0, 0.1) is 6.92 Å². The number of nitrogens with one attached hydrogen (secondary N) is 2. The van der Waals surface area contributed by atoms with Crippen molar-refractivity contribution in [2.24, 2.45) is 0 Å². The molecule has 10 heteroatoms. The number of hydrogen-bond donors (Lipinski definition) is 2. The lowest BCUT2D eigenvalue weighted by Crippen LogP contribution is -2.24. The van der Waals surface area contributed by atoms with E-state index in [0.29, 0.717) is 17.1 Å². The number of hydrogen-bond acceptors (Lipinski definition) is 4. The van der Waals surface area contributed by atoms with Crippen LogP contribution in [0.25, 0.3) is 11.1 Å². The van der Waals surface area contributed by atoms with Gasteiger partial charge in [0, 0.05) is 18.4 Å². The molecule has 172 valence electrons. The first-order valence-electron chi connectivity index (χ1n) is 10.1. The largest absolute Gasteiger partial charge is 0.416 e. The Hall–Kier alpha value is -3.66. The molecule has 0 saturated heterocycles. The summed E-state index contributed by atoms with van der Waals surface area (Å²) >= 11 is 0. The molecule has 0 aliphatic carbocycles. The predicted octanol–water partition coefficient (Wildman–Crippen LogP) is 4.55. The monoisotopic (exact) mass is 458 g/mol. The zero-order valence-electron chi connectivity index (χ0n) is 17.9. The molecule has 0 fully saturated rings. The number of alkyl halides is 3. The van der Waals surface area contributed by atoms with Gasteiger partial charge >= 0.3 is 6.18 Å². The van der Waals surface area contributed by atoms with Gasteiger partial charge in [0.25, 0.3) is 5.91 Å². The number of nitrogens with zero attached hydrogens (tertiary/aromatic N) is 2. The SMILES string of the molecule is COCc1nn2c(c1-c1ccc(C)cc1)NC(=O)C2CC(=O)Nc1cccc(C(F)(F)F)c1. The second-order valence-corrected chi connectivity index (χ2v) is 7.75. The highest BCUT2D eigenvalue weighted by molar-refractivity contribution is 6.04. The minimum absolute atomic E-state index is 0.00525. The zero-order valence-corrected chi connectivity index (χ0v) is 17.9. The van der Waals surface area contributed by atoms with E-state index in [9.17, 15) is 22.8 Å². The molecule has 1 aromatic heterocycles.